The second-order valence-corrected chi connectivity index (χ2v) is 23.6. The highest BCUT2D eigenvalue weighted by molar-refractivity contribution is 7.13. The number of aryl methyl sites for hydroxylation is 1. The summed E-state index contributed by atoms with van der Waals surface area (Å²) in [5, 5.41) is 12.3. The molecule has 3 aromatic carbocycles. The van der Waals surface area contributed by atoms with Gasteiger partial charge in [-0.2, -0.15) is 9.97 Å². The summed E-state index contributed by atoms with van der Waals surface area (Å²) in [6.07, 6.45) is 5.44. The Morgan fingerprint density at radius 2 is 1.65 bits per heavy atom. The lowest BCUT2D eigenvalue weighted by Crippen LogP contribution is -2.59. The summed E-state index contributed by atoms with van der Waals surface area (Å²) in [5.41, 5.74) is 5.15. The topological polar surface area (TPSA) is 187 Å². The van der Waals surface area contributed by atoms with E-state index in [0.717, 1.165) is 71.4 Å². The SMILES string of the molecule is Cc1ncsc1-c1ccc(CNC(=O)[C@@H]2C[C@@H](OC=O)CN2C(=O)[C@@H](NC(=O)C2CCN([C@H]3C[C@@H](COc4nc(N5CC6CCC(C5)N6)c5cnc(-c6cccc7ccccc67)c(F)c5n4)N(C)C3)CC2)C(C)(C)C)cc1. The minimum atomic E-state index is -0.931. The zero-order chi connectivity index (χ0) is 53.5. The van der Waals surface area contributed by atoms with Crippen LogP contribution in [0.3, 0.4) is 0 Å². The number of pyridine rings is 1. The predicted molar refractivity (Wildman–Crippen MR) is 294 cm³/mol. The van der Waals surface area contributed by atoms with Crippen molar-refractivity contribution in [3.63, 3.8) is 0 Å². The first-order valence-corrected chi connectivity index (χ1v) is 28.0. The van der Waals surface area contributed by atoms with Crippen molar-refractivity contribution in [2.75, 3.05) is 57.8 Å². The number of halogens is 1. The van der Waals surface area contributed by atoms with Gasteiger partial charge in [0.1, 0.15) is 41.8 Å². The van der Waals surface area contributed by atoms with E-state index < -0.39 is 29.4 Å². The Kier molecular flexibility index (Phi) is 15.0. The van der Waals surface area contributed by atoms with Gasteiger partial charge in [-0.05, 0) is 86.5 Å². The maximum Gasteiger partial charge on any atom is 0.319 e. The number of fused-ring (bicyclic) bond motifs is 4. The molecule has 0 spiro atoms. The third-order valence-electron chi connectivity index (χ3n) is 16.6. The predicted octanol–water partition coefficient (Wildman–Crippen LogP) is 6.51. The fraction of sp³-hybridized carbons (Fsp3) is 0.483. The smallest absolute Gasteiger partial charge is 0.319 e. The molecule has 404 valence electrons. The van der Waals surface area contributed by atoms with Gasteiger partial charge in [0.2, 0.25) is 17.7 Å². The summed E-state index contributed by atoms with van der Waals surface area (Å²) >= 11 is 1.57. The van der Waals surface area contributed by atoms with E-state index in [-0.39, 0.29) is 72.5 Å². The number of piperazine rings is 1. The summed E-state index contributed by atoms with van der Waals surface area (Å²) < 4.78 is 28.8. The first-order chi connectivity index (χ1) is 37.2. The first kappa shape index (κ1) is 52.4. The Hall–Kier alpha value is -6.67. The number of nitrogens with one attached hydrogen (secondary N) is 3. The van der Waals surface area contributed by atoms with Gasteiger partial charge in [-0.25, -0.2) is 9.37 Å². The van der Waals surface area contributed by atoms with Gasteiger partial charge in [-0.15, -0.1) is 11.3 Å². The number of likely N-dealkylation sites (tertiary alicyclic amines) is 3. The third-order valence-corrected chi connectivity index (χ3v) is 17.6. The number of thiazole rings is 1. The molecule has 8 heterocycles. The Morgan fingerprint density at radius 3 is 2.38 bits per heavy atom. The van der Waals surface area contributed by atoms with Crippen LogP contribution in [0.15, 0.2) is 78.4 Å². The molecule has 11 rings (SSSR count). The number of carbonyl (C=O) groups is 4. The second-order valence-electron chi connectivity index (χ2n) is 22.8. The third kappa shape index (κ3) is 11.0. The molecule has 2 unspecified atom stereocenters. The van der Waals surface area contributed by atoms with Crippen molar-refractivity contribution in [1.29, 1.82) is 0 Å². The highest BCUT2D eigenvalue weighted by atomic mass is 32.1. The molecule has 0 aliphatic carbocycles. The highest BCUT2D eigenvalue weighted by Gasteiger charge is 2.46. The molecule has 5 aliphatic heterocycles. The molecule has 6 aromatic rings. The standard InChI is InChI=1S/C58H68FN11O6S/c1-34-51(77-32-62-34)37-15-13-35(14-16-37)25-61-55(73)47-24-43(76-33-71)30-70(47)56(74)52(58(2,3)4)65-54(72)38-19-21-68(22-20-38)41-23-42(67(5)29-41)31-75-57-64-50-46(53(66-57)69-27-39-17-18-40(28-69)63-39)26-60-49(48(50)59)45-12-8-10-36-9-6-7-11-44(36)45/h6-16,26,32-33,38-43,47,52,63H,17-25,27-31H2,1-5H3,(H,61,73)(H,65,72)/t39?,40?,41-,42-,43+,47-,52+/m0/s1. The molecule has 5 aliphatic rings. The average Bonchev–Trinajstić information content (AvgIpc) is 4.26. The molecule has 3 N–H and O–H groups in total. The molecule has 7 atom stereocenters. The number of hydrogen-bond acceptors (Lipinski definition) is 15. The average molecular weight is 1070 g/mol. The van der Waals surface area contributed by atoms with E-state index in [1.165, 1.54) is 4.90 Å². The number of ether oxygens (including phenoxy) is 2. The first-order valence-electron chi connectivity index (χ1n) is 27.1. The second kappa shape index (κ2) is 22.0. The number of likely N-dealkylation sites (N-methyl/N-ethyl adjacent to an activating group) is 1. The molecule has 17 nitrogen and oxygen atoms in total. The van der Waals surface area contributed by atoms with Crippen molar-refractivity contribution in [1.82, 2.24) is 50.6 Å². The van der Waals surface area contributed by atoms with Gasteiger partial charge < -0.3 is 35.2 Å². The lowest BCUT2D eigenvalue weighted by atomic mass is 9.84. The normalized spacial score (nSPS) is 23.6. The van der Waals surface area contributed by atoms with E-state index in [1.807, 2.05) is 99.9 Å². The van der Waals surface area contributed by atoms with Crippen molar-refractivity contribution < 1.29 is 33.0 Å². The summed E-state index contributed by atoms with van der Waals surface area (Å²) in [5.74, 6) is -1.11. The summed E-state index contributed by atoms with van der Waals surface area (Å²) in [7, 11) is 2.09. The van der Waals surface area contributed by atoms with E-state index in [4.69, 9.17) is 24.4 Å². The van der Waals surface area contributed by atoms with Gasteiger partial charge in [0.05, 0.1) is 28.0 Å². The van der Waals surface area contributed by atoms with Crippen molar-refractivity contribution in [2.45, 2.75) is 115 Å². The molecule has 5 saturated heterocycles. The fourth-order valence-electron chi connectivity index (χ4n) is 12.3. The number of piperidine rings is 1. The summed E-state index contributed by atoms with van der Waals surface area (Å²) in [6.45, 7) is 12.4. The Bertz CT molecular complexity index is 3150. The number of aromatic nitrogens is 4. The van der Waals surface area contributed by atoms with Crippen LogP contribution in [0.2, 0.25) is 0 Å². The van der Waals surface area contributed by atoms with Crippen LogP contribution in [0.5, 0.6) is 6.01 Å². The fourth-order valence-corrected chi connectivity index (χ4v) is 13.1. The van der Waals surface area contributed by atoms with Crippen LogP contribution in [-0.2, 0) is 30.5 Å². The van der Waals surface area contributed by atoms with Crippen LogP contribution in [0.25, 0.3) is 43.4 Å². The number of anilines is 1. The largest absolute Gasteiger partial charge is 0.463 e. The molecule has 0 radical (unpaired) electrons. The molecular weight excluding hydrogens is 998 g/mol. The lowest BCUT2D eigenvalue weighted by molar-refractivity contribution is -0.145. The summed E-state index contributed by atoms with van der Waals surface area (Å²) in [4.78, 5) is 82.4. The van der Waals surface area contributed by atoms with Crippen molar-refractivity contribution >= 4 is 63.0 Å². The van der Waals surface area contributed by atoms with Crippen molar-refractivity contribution in [3.05, 3.63) is 95.5 Å². The molecule has 2 bridgehead atoms. The number of amides is 3. The zero-order valence-electron chi connectivity index (χ0n) is 44.4. The maximum absolute atomic E-state index is 17.0. The Labute approximate surface area is 452 Å². The summed E-state index contributed by atoms with van der Waals surface area (Å²) in [6, 6.07) is 20.9. The molecule has 0 saturated carbocycles. The van der Waals surface area contributed by atoms with Gasteiger partial charge in [0.25, 0.3) is 6.47 Å². The Balaban J connectivity index is 0.719. The van der Waals surface area contributed by atoms with Gasteiger partial charge >= 0.3 is 6.01 Å². The minimum absolute atomic E-state index is 0.0402. The van der Waals surface area contributed by atoms with Crippen molar-refractivity contribution in [3.8, 4) is 27.7 Å². The minimum Gasteiger partial charge on any atom is -0.463 e. The highest BCUT2D eigenvalue weighted by Crippen LogP contribution is 2.37. The van der Waals surface area contributed by atoms with Crippen LogP contribution in [-0.4, -0.2) is 154 Å². The van der Waals surface area contributed by atoms with Crippen molar-refractivity contribution in [2.24, 2.45) is 11.3 Å². The number of rotatable bonds is 15. The molecule has 3 amide bonds. The van der Waals surface area contributed by atoms with E-state index in [0.29, 0.717) is 67.9 Å². The van der Waals surface area contributed by atoms with Crippen LogP contribution in [0.4, 0.5) is 10.2 Å². The molecule has 3 aromatic heterocycles. The van der Waals surface area contributed by atoms with E-state index in [9.17, 15) is 19.2 Å². The van der Waals surface area contributed by atoms with Gasteiger partial charge in [-0.3, -0.25) is 34.0 Å². The molecule has 19 heteroatoms. The Morgan fingerprint density at radius 1 is 0.896 bits per heavy atom. The van der Waals surface area contributed by atoms with E-state index in [2.05, 4.69) is 42.7 Å². The number of nitrogens with zero attached hydrogens (tertiary/aromatic N) is 8. The van der Waals surface area contributed by atoms with Gasteiger partial charge in [0.15, 0.2) is 5.82 Å². The van der Waals surface area contributed by atoms with Gasteiger partial charge in [0, 0.05) is 74.4 Å². The zero-order valence-corrected chi connectivity index (χ0v) is 45.2. The van der Waals surface area contributed by atoms with Crippen LogP contribution >= 0.6 is 11.3 Å². The van der Waals surface area contributed by atoms with Crippen LogP contribution < -0.4 is 25.6 Å². The van der Waals surface area contributed by atoms with E-state index in [1.54, 1.807) is 17.5 Å². The van der Waals surface area contributed by atoms with Crippen LogP contribution in [0.1, 0.15) is 70.6 Å². The van der Waals surface area contributed by atoms with Gasteiger partial charge in [-0.1, -0.05) is 87.5 Å². The maximum atomic E-state index is 17.0. The van der Waals surface area contributed by atoms with E-state index >= 15 is 4.39 Å². The lowest BCUT2D eigenvalue weighted by Gasteiger charge is -2.38. The molecular formula is C58H68FN11O6S. The number of benzene rings is 3. The molecule has 77 heavy (non-hydrogen) atoms. The van der Waals surface area contributed by atoms with Crippen LogP contribution in [0, 0.1) is 24.1 Å². The molecule has 5 fully saturated rings. The number of hydrogen-bond donors (Lipinski definition) is 3. The monoisotopic (exact) mass is 1070 g/mol. The quantitative estimate of drug-likeness (QED) is 0.0945. The number of carbonyl (C=O) groups excluding carboxylic acids is 4.